The highest BCUT2D eigenvalue weighted by Crippen LogP contribution is 2.28. The monoisotopic (exact) mass is 327 g/mol. The van der Waals surface area contributed by atoms with Crippen LogP contribution in [0, 0.1) is 6.92 Å². The van der Waals surface area contributed by atoms with E-state index in [1.807, 2.05) is 31.3 Å². The smallest absolute Gasteiger partial charge is 0.207 e. The molecule has 1 heterocycles. The minimum atomic E-state index is 0.700. The predicted octanol–water partition coefficient (Wildman–Crippen LogP) is 4.76. The van der Waals surface area contributed by atoms with Crippen LogP contribution in [0.3, 0.4) is 0 Å². The lowest BCUT2D eigenvalue weighted by Crippen LogP contribution is -2.03. The molecule has 5 heteroatoms. The van der Waals surface area contributed by atoms with Crippen molar-refractivity contribution in [2.45, 2.75) is 26.8 Å². The van der Waals surface area contributed by atoms with Gasteiger partial charge < -0.3 is 9.88 Å². The molecular formula is C13H15BrClN3. The van der Waals surface area contributed by atoms with Gasteiger partial charge in [0.25, 0.3) is 0 Å². The van der Waals surface area contributed by atoms with Crippen molar-refractivity contribution in [2.75, 3.05) is 5.32 Å². The van der Waals surface area contributed by atoms with Gasteiger partial charge in [0.2, 0.25) is 5.95 Å². The summed E-state index contributed by atoms with van der Waals surface area (Å²) in [4.78, 5) is 4.48. The first-order valence-corrected chi connectivity index (χ1v) is 7.03. The Morgan fingerprint density at radius 2 is 2.22 bits per heavy atom. The van der Waals surface area contributed by atoms with Crippen LogP contribution in [0.25, 0.3) is 0 Å². The molecule has 0 aliphatic carbocycles. The summed E-state index contributed by atoms with van der Waals surface area (Å²) in [6, 6.07) is 5.65. The second kappa shape index (κ2) is 5.76. The summed E-state index contributed by atoms with van der Waals surface area (Å²) in [6.45, 7) is 5.08. The van der Waals surface area contributed by atoms with Crippen molar-refractivity contribution in [3.8, 4) is 0 Å². The molecule has 0 bridgehead atoms. The third-order valence-electron chi connectivity index (χ3n) is 2.54. The van der Waals surface area contributed by atoms with Crippen LogP contribution in [0.1, 0.15) is 19.0 Å². The minimum Gasteiger partial charge on any atom is -0.325 e. The Hall–Kier alpha value is -1.000. The number of imidazole rings is 1. The van der Waals surface area contributed by atoms with E-state index in [9.17, 15) is 0 Å². The molecule has 1 aromatic heterocycles. The highest BCUT2D eigenvalue weighted by Gasteiger charge is 2.07. The SMILES string of the molecule is CCCn1cc(C)nc1Nc1cc(Cl)ccc1Br. The number of hydrogen-bond donors (Lipinski definition) is 1. The lowest BCUT2D eigenvalue weighted by atomic mass is 10.3. The summed E-state index contributed by atoms with van der Waals surface area (Å²) in [7, 11) is 0. The second-order valence-electron chi connectivity index (χ2n) is 4.15. The number of aromatic nitrogens is 2. The van der Waals surface area contributed by atoms with Crippen LogP contribution in [-0.2, 0) is 6.54 Å². The summed E-state index contributed by atoms with van der Waals surface area (Å²) in [5.74, 6) is 0.845. The van der Waals surface area contributed by atoms with Gasteiger partial charge in [-0.05, 0) is 47.5 Å². The normalized spacial score (nSPS) is 10.7. The molecule has 0 radical (unpaired) electrons. The van der Waals surface area contributed by atoms with Gasteiger partial charge >= 0.3 is 0 Å². The molecule has 0 saturated carbocycles. The average molecular weight is 329 g/mol. The van der Waals surface area contributed by atoms with Crippen molar-refractivity contribution in [2.24, 2.45) is 0 Å². The molecular weight excluding hydrogens is 314 g/mol. The van der Waals surface area contributed by atoms with Gasteiger partial charge in [-0.2, -0.15) is 0 Å². The third kappa shape index (κ3) is 3.06. The molecule has 1 aromatic carbocycles. The van der Waals surface area contributed by atoms with Gasteiger partial charge in [-0.15, -0.1) is 0 Å². The van der Waals surface area contributed by atoms with Crippen molar-refractivity contribution in [3.05, 3.63) is 39.6 Å². The van der Waals surface area contributed by atoms with E-state index in [2.05, 4.69) is 37.7 Å². The molecule has 0 atom stereocenters. The highest BCUT2D eigenvalue weighted by molar-refractivity contribution is 9.10. The van der Waals surface area contributed by atoms with Gasteiger partial charge in [-0.3, -0.25) is 0 Å². The zero-order valence-electron chi connectivity index (χ0n) is 10.4. The van der Waals surface area contributed by atoms with E-state index in [0.29, 0.717) is 5.02 Å². The summed E-state index contributed by atoms with van der Waals surface area (Å²) < 4.78 is 3.08. The van der Waals surface area contributed by atoms with E-state index in [4.69, 9.17) is 11.6 Å². The maximum absolute atomic E-state index is 6.00. The van der Waals surface area contributed by atoms with Gasteiger partial charge in [0, 0.05) is 22.2 Å². The fourth-order valence-electron chi connectivity index (χ4n) is 1.77. The summed E-state index contributed by atoms with van der Waals surface area (Å²) >= 11 is 9.50. The standard InChI is InChI=1S/C13H15BrClN3/c1-3-6-18-8-9(2)16-13(18)17-12-7-10(15)4-5-11(12)14/h4-5,7-8H,3,6H2,1-2H3,(H,16,17). The van der Waals surface area contributed by atoms with Crippen molar-refractivity contribution in [1.82, 2.24) is 9.55 Å². The van der Waals surface area contributed by atoms with Gasteiger partial charge in [0.05, 0.1) is 11.4 Å². The second-order valence-corrected chi connectivity index (χ2v) is 5.44. The summed E-state index contributed by atoms with van der Waals surface area (Å²) in [6.07, 6.45) is 3.12. The summed E-state index contributed by atoms with van der Waals surface area (Å²) in [5, 5.41) is 4.01. The van der Waals surface area contributed by atoms with Crippen LogP contribution in [-0.4, -0.2) is 9.55 Å². The largest absolute Gasteiger partial charge is 0.325 e. The fraction of sp³-hybridized carbons (Fsp3) is 0.308. The predicted molar refractivity (Wildman–Crippen MR) is 79.7 cm³/mol. The molecule has 1 N–H and O–H groups in total. The topological polar surface area (TPSA) is 29.9 Å². The minimum absolute atomic E-state index is 0.700. The van der Waals surface area contributed by atoms with Gasteiger partial charge in [-0.1, -0.05) is 18.5 Å². The molecule has 0 unspecified atom stereocenters. The van der Waals surface area contributed by atoms with Crippen LogP contribution < -0.4 is 5.32 Å². The average Bonchev–Trinajstić information content (AvgIpc) is 2.65. The first kappa shape index (κ1) is 13.4. The zero-order valence-corrected chi connectivity index (χ0v) is 12.7. The van der Waals surface area contributed by atoms with Crippen molar-refractivity contribution in [3.63, 3.8) is 0 Å². The molecule has 0 fully saturated rings. The van der Waals surface area contributed by atoms with Crippen molar-refractivity contribution in [1.29, 1.82) is 0 Å². The van der Waals surface area contributed by atoms with Crippen LogP contribution in [0.4, 0.5) is 11.6 Å². The molecule has 0 amide bonds. The van der Waals surface area contributed by atoms with Gasteiger partial charge in [0.1, 0.15) is 0 Å². The fourth-order valence-corrected chi connectivity index (χ4v) is 2.29. The number of rotatable bonds is 4. The van der Waals surface area contributed by atoms with Crippen LogP contribution in [0.15, 0.2) is 28.9 Å². The Bertz CT molecular complexity index is 551. The van der Waals surface area contributed by atoms with E-state index in [0.717, 1.165) is 34.8 Å². The number of hydrogen-bond acceptors (Lipinski definition) is 2. The van der Waals surface area contributed by atoms with E-state index >= 15 is 0 Å². The number of halogens is 2. The highest BCUT2D eigenvalue weighted by atomic mass is 79.9. The van der Waals surface area contributed by atoms with E-state index in [1.54, 1.807) is 0 Å². The van der Waals surface area contributed by atoms with Gasteiger partial charge in [-0.25, -0.2) is 4.98 Å². The third-order valence-corrected chi connectivity index (χ3v) is 3.46. The zero-order chi connectivity index (χ0) is 13.1. The number of aryl methyl sites for hydroxylation is 2. The first-order chi connectivity index (χ1) is 8.60. The Morgan fingerprint density at radius 1 is 1.44 bits per heavy atom. The summed E-state index contributed by atoms with van der Waals surface area (Å²) in [5.41, 5.74) is 1.93. The molecule has 18 heavy (non-hydrogen) atoms. The molecule has 2 aromatic rings. The molecule has 0 aliphatic heterocycles. The number of benzene rings is 1. The molecule has 0 spiro atoms. The number of nitrogens with zero attached hydrogens (tertiary/aromatic N) is 2. The van der Waals surface area contributed by atoms with Crippen molar-refractivity contribution < 1.29 is 0 Å². The van der Waals surface area contributed by atoms with Crippen LogP contribution in [0.2, 0.25) is 5.02 Å². The molecule has 3 nitrogen and oxygen atoms in total. The van der Waals surface area contributed by atoms with Crippen LogP contribution >= 0.6 is 27.5 Å². The lowest BCUT2D eigenvalue weighted by molar-refractivity contribution is 0.686. The van der Waals surface area contributed by atoms with E-state index < -0.39 is 0 Å². The quantitative estimate of drug-likeness (QED) is 0.877. The molecule has 0 aliphatic rings. The maximum atomic E-state index is 6.00. The Kier molecular flexibility index (Phi) is 4.30. The Balaban J connectivity index is 2.30. The van der Waals surface area contributed by atoms with Crippen LogP contribution in [0.5, 0.6) is 0 Å². The number of anilines is 2. The molecule has 2 rings (SSSR count). The van der Waals surface area contributed by atoms with E-state index in [-0.39, 0.29) is 0 Å². The molecule has 0 saturated heterocycles. The maximum Gasteiger partial charge on any atom is 0.207 e. The Morgan fingerprint density at radius 3 is 2.94 bits per heavy atom. The van der Waals surface area contributed by atoms with Crippen molar-refractivity contribution >= 4 is 39.2 Å². The Labute approximate surface area is 120 Å². The molecule has 96 valence electrons. The van der Waals surface area contributed by atoms with E-state index in [1.165, 1.54) is 0 Å². The van der Waals surface area contributed by atoms with Gasteiger partial charge in [0.15, 0.2) is 0 Å². The first-order valence-electron chi connectivity index (χ1n) is 5.86. The lowest BCUT2D eigenvalue weighted by Gasteiger charge is -2.10. The number of nitrogens with one attached hydrogen (secondary N) is 1.